The third kappa shape index (κ3) is 5.05. The van der Waals surface area contributed by atoms with Crippen LogP contribution < -0.4 is 10.1 Å². The Balaban J connectivity index is 1.90. The lowest BCUT2D eigenvalue weighted by molar-refractivity contribution is -0.155. The zero-order valence-corrected chi connectivity index (χ0v) is 15.3. The van der Waals surface area contributed by atoms with Gasteiger partial charge in [-0.3, -0.25) is 4.79 Å². The van der Waals surface area contributed by atoms with E-state index < -0.39 is 30.4 Å². The van der Waals surface area contributed by atoms with Crippen LogP contribution in [0.25, 0.3) is 0 Å². The van der Waals surface area contributed by atoms with E-state index in [-0.39, 0.29) is 5.75 Å². The fourth-order valence-corrected chi connectivity index (χ4v) is 2.59. The van der Waals surface area contributed by atoms with Crippen LogP contribution >= 0.6 is 0 Å². The summed E-state index contributed by atoms with van der Waals surface area (Å²) in [6.07, 6.45) is -1.01. The summed E-state index contributed by atoms with van der Waals surface area (Å²) in [7, 11) is 0. The Labute approximate surface area is 152 Å². The number of anilines is 1. The average Bonchev–Trinajstić information content (AvgIpc) is 2.57. The van der Waals surface area contributed by atoms with Crippen LogP contribution in [-0.4, -0.2) is 24.6 Å². The van der Waals surface area contributed by atoms with Gasteiger partial charge in [-0.15, -0.1) is 0 Å². The Kier molecular flexibility index (Phi) is 6.33. The van der Waals surface area contributed by atoms with Gasteiger partial charge in [-0.05, 0) is 51.0 Å². The number of hydrogen-bond acceptors (Lipinski definition) is 4. The molecule has 138 valence electrons. The first-order chi connectivity index (χ1) is 12.3. The highest BCUT2D eigenvalue weighted by Gasteiger charge is 2.20. The molecule has 26 heavy (non-hydrogen) atoms. The van der Waals surface area contributed by atoms with E-state index in [1.54, 1.807) is 6.07 Å². The van der Waals surface area contributed by atoms with Crippen LogP contribution in [0.2, 0.25) is 0 Å². The van der Waals surface area contributed by atoms with Crippen molar-refractivity contribution in [1.29, 1.82) is 0 Å². The predicted octanol–water partition coefficient (Wildman–Crippen LogP) is 3.70. The first kappa shape index (κ1) is 19.4. The number of amides is 1. The van der Waals surface area contributed by atoms with E-state index in [9.17, 15) is 14.0 Å². The molecule has 1 atom stereocenters. The van der Waals surface area contributed by atoms with Crippen LogP contribution in [0.15, 0.2) is 36.4 Å². The summed E-state index contributed by atoms with van der Waals surface area (Å²) in [6, 6.07) is 9.65. The first-order valence-corrected chi connectivity index (χ1v) is 8.23. The predicted molar refractivity (Wildman–Crippen MR) is 96.7 cm³/mol. The standard InChI is InChI=1S/C20H22FNO4/c1-12-9-13(2)19(14(3)10-12)22-20(24)15(4)26-18(23)11-25-17-8-6-5-7-16(17)21/h5-10,15H,11H2,1-4H3,(H,22,24)/t15-/m1/s1. The molecule has 2 aromatic rings. The molecule has 2 rings (SSSR count). The molecule has 0 aliphatic carbocycles. The van der Waals surface area contributed by atoms with Gasteiger partial charge in [0.15, 0.2) is 24.3 Å². The molecule has 5 nitrogen and oxygen atoms in total. The van der Waals surface area contributed by atoms with Crippen LogP contribution in [0, 0.1) is 26.6 Å². The molecule has 1 N–H and O–H groups in total. The van der Waals surface area contributed by atoms with Crippen LogP contribution in [0.3, 0.4) is 0 Å². The molecule has 2 aromatic carbocycles. The van der Waals surface area contributed by atoms with Gasteiger partial charge in [0.25, 0.3) is 5.91 Å². The number of carbonyl (C=O) groups excluding carboxylic acids is 2. The number of ether oxygens (including phenoxy) is 2. The van der Waals surface area contributed by atoms with E-state index in [4.69, 9.17) is 9.47 Å². The van der Waals surface area contributed by atoms with Crippen LogP contribution in [-0.2, 0) is 14.3 Å². The molecule has 0 radical (unpaired) electrons. The second kappa shape index (κ2) is 8.47. The molecule has 0 bridgehead atoms. The SMILES string of the molecule is Cc1cc(C)c(NC(=O)[C@@H](C)OC(=O)COc2ccccc2F)c(C)c1. The zero-order chi connectivity index (χ0) is 19.3. The molecule has 0 spiro atoms. The van der Waals surface area contributed by atoms with Gasteiger partial charge in [0.2, 0.25) is 0 Å². The lowest BCUT2D eigenvalue weighted by Crippen LogP contribution is -2.32. The van der Waals surface area contributed by atoms with Crippen molar-refractivity contribution in [2.24, 2.45) is 0 Å². The Morgan fingerprint density at radius 2 is 1.73 bits per heavy atom. The molecule has 0 aliphatic heterocycles. The third-order valence-corrected chi connectivity index (χ3v) is 3.78. The summed E-state index contributed by atoms with van der Waals surface area (Å²) < 4.78 is 23.6. The van der Waals surface area contributed by atoms with Crippen molar-refractivity contribution in [1.82, 2.24) is 0 Å². The molecule has 0 fully saturated rings. The van der Waals surface area contributed by atoms with E-state index in [2.05, 4.69) is 5.32 Å². The van der Waals surface area contributed by atoms with Crippen molar-refractivity contribution in [2.45, 2.75) is 33.8 Å². The Hall–Kier alpha value is -2.89. The fraction of sp³-hybridized carbons (Fsp3) is 0.300. The number of benzene rings is 2. The van der Waals surface area contributed by atoms with Crippen LogP contribution in [0.5, 0.6) is 5.75 Å². The van der Waals surface area contributed by atoms with Crippen molar-refractivity contribution in [3.05, 3.63) is 58.9 Å². The van der Waals surface area contributed by atoms with Gasteiger partial charge < -0.3 is 14.8 Å². The van der Waals surface area contributed by atoms with E-state index in [1.807, 2.05) is 32.9 Å². The largest absolute Gasteiger partial charge is 0.479 e. The van der Waals surface area contributed by atoms with Gasteiger partial charge in [-0.1, -0.05) is 29.8 Å². The van der Waals surface area contributed by atoms with Gasteiger partial charge in [0.1, 0.15) is 0 Å². The molecule has 0 aromatic heterocycles. The summed E-state index contributed by atoms with van der Waals surface area (Å²) in [4.78, 5) is 24.1. The maximum Gasteiger partial charge on any atom is 0.344 e. The lowest BCUT2D eigenvalue weighted by atomic mass is 10.0. The molecule has 0 saturated heterocycles. The van der Waals surface area contributed by atoms with Crippen molar-refractivity contribution >= 4 is 17.6 Å². The molecule has 0 aliphatic rings. The normalized spacial score (nSPS) is 11.6. The number of para-hydroxylation sites is 1. The second-order valence-electron chi connectivity index (χ2n) is 6.11. The zero-order valence-electron chi connectivity index (χ0n) is 15.3. The fourth-order valence-electron chi connectivity index (χ4n) is 2.59. The monoisotopic (exact) mass is 359 g/mol. The minimum atomic E-state index is -1.01. The number of aryl methyl sites for hydroxylation is 3. The average molecular weight is 359 g/mol. The third-order valence-electron chi connectivity index (χ3n) is 3.78. The maximum absolute atomic E-state index is 13.4. The number of rotatable bonds is 6. The van der Waals surface area contributed by atoms with Crippen molar-refractivity contribution in [3.63, 3.8) is 0 Å². The highest BCUT2D eigenvalue weighted by atomic mass is 19.1. The number of nitrogens with one attached hydrogen (secondary N) is 1. The molecular formula is C20H22FNO4. The van der Waals surface area contributed by atoms with E-state index >= 15 is 0 Å². The van der Waals surface area contributed by atoms with E-state index in [0.717, 1.165) is 16.7 Å². The van der Waals surface area contributed by atoms with Gasteiger partial charge in [0, 0.05) is 5.69 Å². The maximum atomic E-state index is 13.4. The second-order valence-corrected chi connectivity index (χ2v) is 6.11. The van der Waals surface area contributed by atoms with Crippen molar-refractivity contribution < 1.29 is 23.5 Å². The summed E-state index contributed by atoms with van der Waals surface area (Å²) in [5.74, 6) is -1.82. The van der Waals surface area contributed by atoms with E-state index in [1.165, 1.54) is 25.1 Å². The number of esters is 1. The number of halogens is 1. The number of carbonyl (C=O) groups is 2. The molecule has 6 heteroatoms. The first-order valence-electron chi connectivity index (χ1n) is 8.23. The summed E-state index contributed by atoms with van der Waals surface area (Å²) >= 11 is 0. The van der Waals surface area contributed by atoms with Gasteiger partial charge in [-0.25, -0.2) is 9.18 Å². The Bertz CT molecular complexity index is 796. The topological polar surface area (TPSA) is 64.6 Å². The number of hydrogen-bond donors (Lipinski definition) is 1. The Morgan fingerprint density at radius 1 is 1.12 bits per heavy atom. The van der Waals surface area contributed by atoms with Gasteiger partial charge in [0.05, 0.1) is 0 Å². The van der Waals surface area contributed by atoms with Crippen LogP contribution in [0.1, 0.15) is 23.6 Å². The smallest absolute Gasteiger partial charge is 0.344 e. The van der Waals surface area contributed by atoms with E-state index in [0.29, 0.717) is 5.69 Å². The van der Waals surface area contributed by atoms with Crippen molar-refractivity contribution in [3.8, 4) is 5.75 Å². The summed E-state index contributed by atoms with van der Waals surface area (Å²) in [5, 5.41) is 2.78. The quantitative estimate of drug-likeness (QED) is 0.799. The highest BCUT2D eigenvalue weighted by molar-refractivity contribution is 5.96. The summed E-state index contributed by atoms with van der Waals surface area (Å²) in [6.45, 7) is 6.75. The summed E-state index contributed by atoms with van der Waals surface area (Å²) in [5.41, 5.74) is 3.66. The van der Waals surface area contributed by atoms with Crippen molar-refractivity contribution in [2.75, 3.05) is 11.9 Å². The molecular weight excluding hydrogens is 337 g/mol. The van der Waals surface area contributed by atoms with Gasteiger partial charge >= 0.3 is 5.97 Å². The molecule has 0 saturated carbocycles. The molecule has 0 unspecified atom stereocenters. The van der Waals surface area contributed by atoms with Gasteiger partial charge in [-0.2, -0.15) is 0 Å². The Morgan fingerprint density at radius 3 is 2.35 bits per heavy atom. The van der Waals surface area contributed by atoms with Crippen LogP contribution in [0.4, 0.5) is 10.1 Å². The highest BCUT2D eigenvalue weighted by Crippen LogP contribution is 2.22. The molecule has 1 amide bonds. The minimum absolute atomic E-state index is 0.0486. The lowest BCUT2D eigenvalue weighted by Gasteiger charge is -2.17. The molecule has 0 heterocycles. The minimum Gasteiger partial charge on any atom is -0.479 e.